The van der Waals surface area contributed by atoms with E-state index in [9.17, 15) is 24.9 Å². The van der Waals surface area contributed by atoms with Crippen LogP contribution in [0.15, 0.2) is 78.7 Å². The lowest BCUT2D eigenvalue weighted by molar-refractivity contribution is -0.0511. The Hall–Kier alpha value is -4.53. The first-order valence-electron chi connectivity index (χ1n) is 15.6. The minimum absolute atomic E-state index is 0.0205. The lowest BCUT2D eigenvalue weighted by Gasteiger charge is -2.16. The number of carbonyl (C=O) groups is 2. The third-order valence-corrected chi connectivity index (χ3v) is 9.12. The van der Waals surface area contributed by atoms with Crippen LogP contribution in [0.25, 0.3) is 21.6 Å². The van der Waals surface area contributed by atoms with Crippen LogP contribution in [-0.4, -0.2) is 84.5 Å². The molecule has 244 valence electrons. The molecule has 4 heterocycles. The quantitative estimate of drug-likeness (QED) is 0.0875. The number of carbonyl (C=O) groups excluding carboxylic acids is 2. The van der Waals surface area contributed by atoms with E-state index in [0.717, 1.165) is 36.1 Å². The van der Waals surface area contributed by atoms with Crippen molar-refractivity contribution in [2.24, 2.45) is 0 Å². The molecule has 0 unspecified atom stereocenters. The summed E-state index contributed by atoms with van der Waals surface area (Å²) in [6.45, 7) is 0.810. The fraction of sp³-hybridized carbons (Fsp3) is 0.324. The number of aliphatic hydroxyl groups is 3. The number of hydrogen-bond donors (Lipinski definition) is 5. The third-order valence-electron chi connectivity index (χ3n) is 8.14. The van der Waals surface area contributed by atoms with E-state index in [2.05, 4.69) is 25.6 Å². The summed E-state index contributed by atoms with van der Waals surface area (Å²) in [5, 5.41) is 38.0. The van der Waals surface area contributed by atoms with E-state index in [1.165, 1.54) is 28.6 Å². The number of benzene rings is 2. The van der Waals surface area contributed by atoms with Gasteiger partial charge in [-0.2, -0.15) is 0 Å². The topological polar surface area (TPSA) is 172 Å². The summed E-state index contributed by atoms with van der Waals surface area (Å²) in [5.74, 6) is 0.402. The van der Waals surface area contributed by atoms with E-state index in [1.807, 2.05) is 47.8 Å². The Morgan fingerprint density at radius 2 is 1.66 bits per heavy atom. The van der Waals surface area contributed by atoms with Crippen molar-refractivity contribution in [3.8, 4) is 10.4 Å². The van der Waals surface area contributed by atoms with Crippen molar-refractivity contribution in [1.82, 2.24) is 24.8 Å². The number of hydrogen-bond acceptors (Lipinski definition) is 11. The van der Waals surface area contributed by atoms with Crippen LogP contribution in [0.1, 0.15) is 58.2 Å². The maximum atomic E-state index is 12.8. The number of thiophene rings is 1. The molecule has 1 aliphatic heterocycles. The van der Waals surface area contributed by atoms with Crippen LogP contribution in [0.3, 0.4) is 0 Å². The minimum Gasteiger partial charge on any atom is -0.394 e. The Labute approximate surface area is 275 Å². The molecular formula is C34H36N6O6S. The molecule has 47 heavy (non-hydrogen) atoms. The summed E-state index contributed by atoms with van der Waals surface area (Å²) in [6.07, 6.45) is 2.22. The average Bonchev–Trinajstić information content (AvgIpc) is 3.84. The summed E-state index contributed by atoms with van der Waals surface area (Å²) in [6, 6.07) is 18.5. The van der Waals surface area contributed by atoms with Gasteiger partial charge in [-0.3, -0.25) is 14.2 Å². The van der Waals surface area contributed by atoms with Crippen molar-refractivity contribution >= 4 is 40.0 Å². The molecule has 3 aromatic heterocycles. The number of unbranched alkanes of at least 4 members (excludes halogenated alkanes) is 3. The molecule has 0 saturated carbocycles. The predicted molar refractivity (Wildman–Crippen MR) is 177 cm³/mol. The highest BCUT2D eigenvalue weighted by molar-refractivity contribution is 7.13. The second-order valence-electron chi connectivity index (χ2n) is 11.3. The van der Waals surface area contributed by atoms with Crippen molar-refractivity contribution < 1.29 is 29.6 Å². The molecule has 1 amide bonds. The summed E-state index contributed by atoms with van der Waals surface area (Å²) in [4.78, 5) is 39.5. The fourth-order valence-corrected chi connectivity index (χ4v) is 6.46. The molecule has 13 heteroatoms. The maximum absolute atomic E-state index is 12.8. The van der Waals surface area contributed by atoms with E-state index in [4.69, 9.17) is 4.74 Å². The number of aliphatic hydroxyl groups excluding tert-OH is 3. The zero-order valence-electron chi connectivity index (χ0n) is 25.5. The lowest BCUT2D eigenvalue weighted by Crippen LogP contribution is -2.33. The smallest absolute Gasteiger partial charge is 0.251 e. The van der Waals surface area contributed by atoms with Crippen LogP contribution < -0.4 is 10.6 Å². The van der Waals surface area contributed by atoms with E-state index in [0.29, 0.717) is 46.8 Å². The predicted octanol–water partition coefficient (Wildman–Crippen LogP) is 3.80. The second kappa shape index (κ2) is 14.9. The van der Waals surface area contributed by atoms with Crippen molar-refractivity contribution in [3.63, 3.8) is 0 Å². The Balaban J connectivity index is 0.928. The van der Waals surface area contributed by atoms with Gasteiger partial charge in [-0.15, -0.1) is 11.3 Å². The fourth-order valence-electron chi connectivity index (χ4n) is 5.57. The van der Waals surface area contributed by atoms with Gasteiger partial charge in [0.25, 0.3) is 5.91 Å². The molecule has 0 radical (unpaired) electrons. The first-order valence-corrected chi connectivity index (χ1v) is 16.4. The number of anilines is 1. The van der Waals surface area contributed by atoms with Crippen molar-refractivity contribution in [1.29, 1.82) is 0 Å². The van der Waals surface area contributed by atoms with Gasteiger partial charge in [-0.25, -0.2) is 15.0 Å². The highest BCUT2D eigenvalue weighted by atomic mass is 32.1. The standard InChI is InChI=1S/C34H36N6O6S/c41-17-25-29(43)30(44)34(46-25)40-20-39-27-31(37-19-38-32(27)40)35-13-6-1-2-7-14-36-33(45)23-12-8-11-22(15-23)26-16-24(18-47-26)28(42)21-9-4-3-5-10-21/h3-5,8-12,15-16,18-20,25,29-30,34,41,43-44H,1-2,6-7,13-14,17H2,(H,36,45)(H,35,37,38)/t25-,29-,30-,34-/m1/s1. The van der Waals surface area contributed by atoms with Crippen LogP contribution >= 0.6 is 11.3 Å². The first kappa shape index (κ1) is 32.4. The van der Waals surface area contributed by atoms with Gasteiger partial charge in [0.2, 0.25) is 0 Å². The molecule has 5 aromatic rings. The number of nitrogens with zero attached hydrogens (tertiary/aromatic N) is 4. The number of amides is 1. The molecule has 1 fully saturated rings. The molecule has 0 spiro atoms. The maximum Gasteiger partial charge on any atom is 0.251 e. The van der Waals surface area contributed by atoms with Gasteiger partial charge in [0, 0.05) is 40.0 Å². The summed E-state index contributed by atoms with van der Waals surface area (Å²) in [5.41, 5.74) is 3.71. The van der Waals surface area contributed by atoms with Crippen LogP contribution in [0.4, 0.5) is 5.82 Å². The van der Waals surface area contributed by atoms with Crippen LogP contribution in [0, 0.1) is 0 Å². The van der Waals surface area contributed by atoms with E-state index in [-0.39, 0.29) is 11.7 Å². The number of imidazole rings is 1. The van der Waals surface area contributed by atoms with Crippen molar-refractivity contribution in [2.75, 3.05) is 25.0 Å². The number of rotatable bonds is 14. The third kappa shape index (κ3) is 7.24. The average molecular weight is 657 g/mol. The monoisotopic (exact) mass is 656 g/mol. The van der Waals surface area contributed by atoms with Gasteiger partial charge in [-0.05, 0) is 36.6 Å². The largest absolute Gasteiger partial charge is 0.394 e. The van der Waals surface area contributed by atoms with Gasteiger partial charge in [0.15, 0.2) is 29.0 Å². The van der Waals surface area contributed by atoms with Gasteiger partial charge < -0.3 is 30.7 Å². The number of ether oxygens (including phenoxy) is 1. The van der Waals surface area contributed by atoms with Crippen LogP contribution in [0.5, 0.6) is 0 Å². The molecule has 2 aromatic carbocycles. The highest BCUT2D eigenvalue weighted by Crippen LogP contribution is 2.32. The summed E-state index contributed by atoms with van der Waals surface area (Å²) in [7, 11) is 0. The zero-order valence-corrected chi connectivity index (χ0v) is 26.3. The SMILES string of the molecule is O=C(NCCCCCCNc1ncnc2c1ncn2[C@@H]1O[C@H](CO)[C@@H](O)[C@H]1O)c1cccc(-c2cc(C(=O)c3ccccc3)cs2)c1. The molecule has 4 atom stereocenters. The van der Waals surface area contributed by atoms with Gasteiger partial charge in [0.1, 0.15) is 24.6 Å². The van der Waals surface area contributed by atoms with Gasteiger partial charge in [0.05, 0.1) is 12.9 Å². The number of fused-ring (bicyclic) bond motifs is 1. The normalized spacial score (nSPS) is 19.2. The van der Waals surface area contributed by atoms with Crippen LogP contribution in [-0.2, 0) is 4.74 Å². The first-order chi connectivity index (χ1) is 22.9. The van der Waals surface area contributed by atoms with Gasteiger partial charge >= 0.3 is 0 Å². The van der Waals surface area contributed by atoms with E-state index in [1.54, 1.807) is 18.2 Å². The molecular weight excluding hydrogens is 620 g/mol. The number of nitrogens with one attached hydrogen (secondary N) is 2. The van der Waals surface area contributed by atoms with E-state index < -0.39 is 31.1 Å². The Bertz CT molecular complexity index is 1830. The Morgan fingerprint density at radius 1 is 0.872 bits per heavy atom. The van der Waals surface area contributed by atoms with Gasteiger partial charge in [-0.1, -0.05) is 55.3 Å². The highest BCUT2D eigenvalue weighted by Gasteiger charge is 2.44. The molecule has 12 nitrogen and oxygen atoms in total. The number of aromatic nitrogens is 4. The molecule has 6 rings (SSSR count). The molecule has 0 aliphatic carbocycles. The minimum atomic E-state index is -1.23. The summed E-state index contributed by atoms with van der Waals surface area (Å²) < 4.78 is 7.14. The lowest BCUT2D eigenvalue weighted by atomic mass is 10.0. The van der Waals surface area contributed by atoms with Crippen molar-refractivity contribution in [3.05, 3.63) is 95.4 Å². The second-order valence-corrected chi connectivity index (χ2v) is 12.3. The molecule has 1 saturated heterocycles. The zero-order chi connectivity index (χ0) is 32.8. The van der Waals surface area contributed by atoms with E-state index >= 15 is 0 Å². The molecule has 0 bridgehead atoms. The van der Waals surface area contributed by atoms with Crippen molar-refractivity contribution in [2.45, 2.75) is 50.2 Å². The Morgan fingerprint density at radius 3 is 2.45 bits per heavy atom. The Kier molecular flexibility index (Phi) is 10.3. The molecule has 1 aliphatic rings. The summed E-state index contributed by atoms with van der Waals surface area (Å²) >= 11 is 1.48. The molecule has 5 N–H and O–H groups in total. The van der Waals surface area contributed by atoms with Crippen LogP contribution in [0.2, 0.25) is 0 Å². The number of ketones is 1.